The SMILES string of the molecule is CSc1ncc2c(OC[C@@H]3CCCCN3)cc(Br)c(F)c2n1. The maximum absolute atomic E-state index is 14.3. The van der Waals surface area contributed by atoms with Gasteiger partial charge in [-0.1, -0.05) is 18.2 Å². The van der Waals surface area contributed by atoms with Gasteiger partial charge in [0.05, 0.1) is 9.86 Å². The summed E-state index contributed by atoms with van der Waals surface area (Å²) in [7, 11) is 0. The topological polar surface area (TPSA) is 47.0 Å². The molecule has 0 amide bonds. The summed E-state index contributed by atoms with van der Waals surface area (Å²) in [6, 6.07) is 2.00. The number of nitrogens with one attached hydrogen (secondary N) is 1. The molecule has 0 spiro atoms. The van der Waals surface area contributed by atoms with Crippen LogP contribution in [0.2, 0.25) is 0 Å². The number of thioether (sulfide) groups is 1. The highest BCUT2D eigenvalue weighted by atomic mass is 79.9. The van der Waals surface area contributed by atoms with E-state index in [1.165, 1.54) is 24.6 Å². The van der Waals surface area contributed by atoms with Crippen LogP contribution in [0.1, 0.15) is 19.3 Å². The minimum atomic E-state index is -0.379. The van der Waals surface area contributed by atoms with E-state index in [1.54, 1.807) is 12.3 Å². The van der Waals surface area contributed by atoms with E-state index in [-0.39, 0.29) is 5.82 Å². The Balaban J connectivity index is 1.89. The molecule has 1 saturated heterocycles. The molecule has 7 heteroatoms. The second kappa shape index (κ2) is 7.10. The fourth-order valence-electron chi connectivity index (χ4n) is 2.56. The molecule has 22 heavy (non-hydrogen) atoms. The molecule has 4 nitrogen and oxygen atoms in total. The summed E-state index contributed by atoms with van der Waals surface area (Å²) >= 11 is 4.63. The predicted octanol–water partition coefficient (Wildman–Crippen LogP) is 3.77. The Morgan fingerprint density at radius 3 is 3.09 bits per heavy atom. The number of aromatic nitrogens is 2. The summed E-state index contributed by atoms with van der Waals surface area (Å²) in [4.78, 5) is 8.49. The van der Waals surface area contributed by atoms with Gasteiger partial charge in [-0.15, -0.1) is 0 Å². The first-order chi connectivity index (χ1) is 10.7. The summed E-state index contributed by atoms with van der Waals surface area (Å²) in [5, 5.41) is 4.59. The van der Waals surface area contributed by atoms with Crippen LogP contribution in [-0.2, 0) is 0 Å². The lowest BCUT2D eigenvalue weighted by atomic mass is 10.1. The first-order valence-corrected chi connectivity index (χ1v) is 9.25. The minimum Gasteiger partial charge on any atom is -0.491 e. The van der Waals surface area contributed by atoms with Gasteiger partial charge in [-0.25, -0.2) is 14.4 Å². The van der Waals surface area contributed by atoms with Gasteiger partial charge in [0.25, 0.3) is 0 Å². The lowest BCUT2D eigenvalue weighted by Gasteiger charge is -2.23. The normalized spacial score (nSPS) is 18.6. The molecule has 0 radical (unpaired) electrons. The van der Waals surface area contributed by atoms with Crippen LogP contribution in [0.3, 0.4) is 0 Å². The van der Waals surface area contributed by atoms with Gasteiger partial charge in [0.2, 0.25) is 0 Å². The lowest BCUT2D eigenvalue weighted by Crippen LogP contribution is -2.38. The Labute approximate surface area is 141 Å². The van der Waals surface area contributed by atoms with Crippen molar-refractivity contribution in [2.75, 3.05) is 19.4 Å². The zero-order valence-electron chi connectivity index (χ0n) is 12.2. The zero-order chi connectivity index (χ0) is 15.5. The van der Waals surface area contributed by atoms with Crippen LogP contribution in [-0.4, -0.2) is 35.4 Å². The van der Waals surface area contributed by atoms with Crippen molar-refractivity contribution in [1.29, 1.82) is 0 Å². The van der Waals surface area contributed by atoms with Crippen LogP contribution in [0.25, 0.3) is 10.9 Å². The molecule has 2 heterocycles. The first kappa shape index (κ1) is 16.0. The highest BCUT2D eigenvalue weighted by Gasteiger charge is 2.17. The van der Waals surface area contributed by atoms with E-state index in [2.05, 4.69) is 31.2 Å². The Hall–Kier alpha value is -0.920. The average Bonchev–Trinajstić information content (AvgIpc) is 2.57. The third kappa shape index (κ3) is 3.36. The highest BCUT2D eigenvalue weighted by molar-refractivity contribution is 9.10. The van der Waals surface area contributed by atoms with E-state index in [4.69, 9.17) is 4.74 Å². The quantitative estimate of drug-likeness (QED) is 0.640. The van der Waals surface area contributed by atoms with Gasteiger partial charge in [-0.2, -0.15) is 0 Å². The highest BCUT2D eigenvalue weighted by Crippen LogP contribution is 2.33. The van der Waals surface area contributed by atoms with Crippen molar-refractivity contribution in [2.45, 2.75) is 30.5 Å². The molecule has 1 aromatic heterocycles. The molecule has 0 unspecified atom stereocenters. The van der Waals surface area contributed by atoms with Crippen LogP contribution in [0.15, 0.2) is 21.9 Å². The molecule has 3 rings (SSSR count). The number of nitrogens with zero attached hydrogens (tertiary/aromatic N) is 2. The molecule has 0 aliphatic carbocycles. The minimum absolute atomic E-state index is 0.292. The summed E-state index contributed by atoms with van der Waals surface area (Å²) in [6.07, 6.45) is 7.03. The van der Waals surface area contributed by atoms with Crippen LogP contribution in [0.4, 0.5) is 4.39 Å². The Morgan fingerprint density at radius 1 is 1.50 bits per heavy atom. The molecule has 118 valence electrons. The number of fused-ring (bicyclic) bond motifs is 1. The second-order valence-corrected chi connectivity index (χ2v) is 6.88. The number of rotatable bonds is 4. The molecule has 0 saturated carbocycles. The van der Waals surface area contributed by atoms with Crippen molar-refractivity contribution < 1.29 is 9.13 Å². The monoisotopic (exact) mass is 385 g/mol. The smallest absolute Gasteiger partial charge is 0.187 e. The Kier molecular flexibility index (Phi) is 5.15. The second-order valence-electron chi connectivity index (χ2n) is 5.25. The number of benzene rings is 1. The van der Waals surface area contributed by atoms with Crippen molar-refractivity contribution in [3.8, 4) is 5.75 Å². The third-order valence-corrected chi connectivity index (χ3v) is 4.88. The number of hydrogen-bond donors (Lipinski definition) is 1. The molecule has 1 aliphatic heterocycles. The molecular weight excluding hydrogens is 369 g/mol. The van der Waals surface area contributed by atoms with Crippen molar-refractivity contribution in [1.82, 2.24) is 15.3 Å². The van der Waals surface area contributed by atoms with E-state index in [0.717, 1.165) is 13.0 Å². The largest absolute Gasteiger partial charge is 0.491 e. The van der Waals surface area contributed by atoms with Crippen molar-refractivity contribution in [2.24, 2.45) is 0 Å². The summed E-state index contributed by atoms with van der Waals surface area (Å²) < 4.78 is 20.6. The van der Waals surface area contributed by atoms with E-state index in [9.17, 15) is 4.39 Å². The fourth-order valence-corrected chi connectivity index (χ4v) is 3.29. The third-order valence-electron chi connectivity index (χ3n) is 3.74. The van der Waals surface area contributed by atoms with Gasteiger partial charge in [-0.05, 0) is 47.6 Å². The van der Waals surface area contributed by atoms with Gasteiger partial charge < -0.3 is 10.1 Å². The summed E-state index contributed by atoms with van der Waals surface area (Å²) in [5.74, 6) is 0.235. The molecule has 0 bridgehead atoms. The van der Waals surface area contributed by atoms with E-state index < -0.39 is 0 Å². The van der Waals surface area contributed by atoms with Crippen LogP contribution < -0.4 is 10.1 Å². The van der Waals surface area contributed by atoms with Gasteiger partial charge in [-0.3, -0.25) is 0 Å². The molecule has 1 atom stereocenters. The number of ether oxygens (including phenoxy) is 1. The first-order valence-electron chi connectivity index (χ1n) is 7.24. The van der Waals surface area contributed by atoms with Crippen molar-refractivity contribution in [3.63, 3.8) is 0 Å². The lowest BCUT2D eigenvalue weighted by molar-refractivity contribution is 0.241. The summed E-state index contributed by atoms with van der Waals surface area (Å²) in [5.41, 5.74) is 0.292. The van der Waals surface area contributed by atoms with Crippen LogP contribution >= 0.6 is 27.7 Å². The van der Waals surface area contributed by atoms with Gasteiger partial charge in [0.1, 0.15) is 17.9 Å². The molecular formula is C15H17BrFN3OS. The fraction of sp³-hybridized carbons (Fsp3) is 0.467. The van der Waals surface area contributed by atoms with Gasteiger partial charge >= 0.3 is 0 Å². The van der Waals surface area contributed by atoms with Crippen LogP contribution in [0, 0.1) is 5.82 Å². The van der Waals surface area contributed by atoms with Gasteiger partial charge in [0, 0.05) is 12.2 Å². The Morgan fingerprint density at radius 2 is 2.36 bits per heavy atom. The van der Waals surface area contributed by atoms with Crippen molar-refractivity contribution in [3.05, 3.63) is 22.6 Å². The number of halogens is 2. The molecule has 1 aliphatic rings. The maximum atomic E-state index is 14.3. The zero-order valence-corrected chi connectivity index (χ0v) is 14.6. The molecule has 1 aromatic carbocycles. The predicted molar refractivity (Wildman–Crippen MR) is 90.1 cm³/mol. The molecule has 1 fully saturated rings. The van der Waals surface area contributed by atoms with Crippen LogP contribution in [0.5, 0.6) is 5.75 Å². The molecule has 1 N–H and O–H groups in total. The van der Waals surface area contributed by atoms with Gasteiger partial charge in [0.15, 0.2) is 11.0 Å². The number of piperidine rings is 1. The maximum Gasteiger partial charge on any atom is 0.187 e. The Bertz CT molecular complexity index is 679. The van der Waals surface area contributed by atoms with E-state index in [0.29, 0.717) is 38.9 Å². The van der Waals surface area contributed by atoms with Crippen molar-refractivity contribution >= 4 is 38.6 Å². The number of hydrogen-bond acceptors (Lipinski definition) is 5. The molecule has 2 aromatic rings. The van der Waals surface area contributed by atoms with E-state index >= 15 is 0 Å². The standard InChI is InChI=1S/C15H17BrFN3OS/c1-22-15-19-7-10-12(6-11(16)13(17)14(10)20-15)21-8-9-4-2-3-5-18-9/h6-7,9,18H,2-5,8H2,1H3/t9-/m0/s1. The summed E-state index contributed by atoms with van der Waals surface area (Å²) in [6.45, 7) is 1.60. The average molecular weight is 386 g/mol. The van der Waals surface area contributed by atoms with E-state index in [1.807, 2.05) is 6.26 Å².